The molecule has 2 aliphatic heterocycles. The highest BCUT2D eigenvalue weighted by Gasteiger charge is 2.38. The number of nitrogens with zero attached hydrogens (tertiary/aromatic N) is 2. The van der Waals surface area contributed by atoms with Gasteiger partial charge in [0.05, 0.1) is 16.5 Å². The molecule has 140 valence electrons. The fourth-order valence-corrected chi connectivity index (χ4v) is 5.22. The summed E-state index contributed by atoms with van der Waals surface area (Å²) < 4.78 is 25.1. The van der Waals surface area contributed by atoms with Crippen molar-refractivity contribution in [3.05, 3.63) is 64.2 Å². The van der Waals surface area contributed by atoms with Crippen LogP contribution in [-0.4, -0.2) is 37.4 Å². The van der Waals surface area contributed by atoms with E-state index in [9.17, 15) is 18.0 Å². The SMILES string of the molecule is O=C(c1ccc(Cl)c(N2C(=O)CCS2(=O)=O)c1)N1CCc2ccccc2C1. The Morgan fingerprint density at radius 1 is 1.04 bits per heavy atom. The fourth-order valence-electron chi connectivity index (χ4n) is 3.50. The van der Waals surface area contributed by atoms with Crippen molar-refractivity contribution >= 4 is 39.1 Å². The first-order valence-electron chi connectivity index (χ1n) is 8.58. The Kier molecular flexibility index (Phi) is 4.44. The average Bonchev–Trinajstić information content (AvgIpc) is 2.94. The molecule has 0 N–H and O–H groups in total. The molecule has 8 heteroatoms. The van der Waals surface area contributed by atoms with E-state index in [1.807, 2.05) is 18.2 Å². The first-order valence-corrected chi connectivity index (χ1v) is 10.6. The predicted octanol–water partition coefficient (Wildman–Crippen LogP) is 2.61. The van der Waals surface area contributed by atoms with Gasteiger partial charge in [-0.1, -0.05) is 35.9 Å². The molecule has 0 spiro atoms. The van der Waals surface area contributed by atoms with Crippen LogP contribution < -0.4 is 4.31 Å². The van der Waals surface area contributed by atoms with Crippen LogP contribution >= 0.6 is 11.6 Å². The summed E-state index contributed by atoms with van der Waals surface area (Å²) >= 11 is 6.14. The van der Waals surface area contributed by atoms with Crippen molar-refractivity contribution in [2.75, 3.05) is 16.6 Å². The molecule has 0 aromatic heterocycles. The molecular weight excluding hydrogens is 388 g/mol. The lowest BCUT2D eigenvalue weighted by Crippen LogP contribution is -2.36. The second kappa shape index (κ2) is 6.65. The minimum absolute atomic E-state index is 0.0439. The van der Waals surface area contributed by atoms with Crippen molar-refractivity contribution in [3.8, 4) is 0 Å². The Labute approximate surface area is 162 Å². The van der Waals surface area contributed by atoms with E-state index < -0.39 is 15.9 Å². The number of halogens is 1. The van der Waals surface area contributed by atoms with Gasteiger partial charge < -0.3 is 4.90 Å². The molecule has 4 rings (SSSR count). The van der Waals surface area contributed by atoms with Gasteiger partial charge in [0.15, 0.2) is 0 Å². The smallest absolute Gasteiger partial charge is 0.254 e. The van der Waals surface area contributed by atoms with Gasteiger partial charge in [0.2, 0.25) is 15.9 Å². The van der Waals surface area contributed by atoms with Gasteiger partial charge in [0.1, 0.15) is 0 Å². The van der Waals surface area contributed by atoms with E-state index in [-0.39, 0.29) is 28.8 Å². The normalized spacial score (nSPS) is 18.5. The first kappa shape index (κ1) is 18.0. The summed E-state index contributed by atoms with van der Waals surface area (Å²) in [5.74, 6) is -0.997. The van der Waals surface area contributed by atoms with Crippen molar-refractivity contribution in [1.82, 2.24) is 4.90 Å². The van der Waals surface area contributed by atoms with E-state index in [1.165, 1.54) is 17.7 Å². The van der Waals surface area contributed by atoms with Gasteiger partial charge in [-0.3, -0.25) is 9.59 Å². The highest BCUT2D eigenvalue weighted by molar-refractivity contribution is 7.94. The van der Waals surface area contributed by atoms with Gasteiger partial charge in [-0.05, 0) is 35.7 Å². The minimum Gasteiger partial charge on any atom is -0.334 e. The predicted molar refractivity (Wildman–Crippen MR) is 102 cm³/mol. The number of carbonyl (C=O) groups excluding carboxylic acids is 2. The van der Waals surface area contributed by atoms with Crippen molar-refractivity contribution in [3.63, 3.8) is 0 Å². The van der Waals surface area contributed by atoms with Crippen molar-refractivity contribution in [1.29, 1.82) is 0 Å². The molecule has 2 heterocycles. The zero-order chi connectivity index (χ0) is 19.2. The van der Waals surface area contributed by atoms with E-state index in [0.29, 0.717) is 18.7 Å². The summed E-state index contributed by atoms with van der Waals surface area (Å²) in [5, 5.41) is 0.120. The zero-order valence-corrected chi connectivity index (χ0v) is 16.0. The molecule has 0 saturated carbocycles. The molecule has 2 aliphatic rings. The third-order valence-corrected chi connectivity index (χ3v) is 6.90. The van der Waals surface area contributed by atoms with Crippen LogP contribution in [0.1, 0.15) is 27.9 Å². The van der Waals surface area contributed by atoms with E-state index in [2.05, 4.69) is 6.07 Å². The number of sulfonamides is 1. The third kappa shape index (κ3) is 3.21. The number of anilines is 1. The summed E-state index contributed by atoms with van der Waals surface area (Å²) in [7, 11) is -3.74. The van der Waals surface area contributed by atoms with Crippen molar-refractivity contribution in [2.45, 2.75) is 19.4 Å². The maximum Gasteiger partial charge on any atom is 0.254 e. The average molecular weight is 405 g/mol. The van der Waals surface area contributed by atoms with Crippen LogP contribution in [0.3, 0.4) is 0 Å². The van der Waals surface area contributed by atoms with Crippen LogP contribution in [0.2, 0.25) is 5.02 Å². The first-order chi connectivity index (χ1) is 12.9. The summed E-state index contributed by atoms with van der Waals surface area (Å²) in [6, 6.07) is 12.4. The quantitative estimate of drug-likeness (QED) is 0.771. The van der Waals surface area contributed by atoms with E-state index in [4.69, 9.17) is 11.6 Å². The topological polar surface area (TPSA) is 74.8 Å². The summed E-state index contributed by atoms with van der Waals surface area (Å²) in [4.78, 5) is 26.7. The van der Waals surface area contributed by atoms with Crippen LogP contribution in [0.4, 0.5) is 5.69 Å². The largest absolute Gasteiger partial charge is 0.334 e. The number of hydrogen-bond acceptors (Lipinski definition) is 4. The van der Waals surface area contributed by atoms with Crippen LogP contribution in [-0.2, 0) is 27.8 Å². The Morgan fingerprint density at radius 3 is 2.48 bits per heavy atom. The lowest BCUT2D eigenvalue weighted by molar-refractivity contribution is -0.116. The summed E-state index contributed by atoms with van der Waals surface area (Å²) in [6.45, 7) is 1.07. The van der Waals surface area contributed by atoms with E-state index in [0.717, 1.165) is 16.3 Å². The molecule has 6 nitrogen and oxygen atoms in total. The maximum absolute atomic E-state index is 13.0. The van der Waals surface area contributed by atoms with Crippen molar-refractivity contribution < 1.29 is 18.0 Å². The number of benzene rings is 2. The van der Waals surface area contributed by atoms with Gasteiger partial charge in [0.25, 0.3) is 5.91 Å². The minimum atomic E-state index is -3.74. The Morgan fingerprint density at radius 2 is 1.78 bits per heavy atom. The van der Waals surface area contributed by atoms with Gasteiger partial charge in [-0.15, -0.1) is 0 Å². The molecule has 0 bridgehead atoms. The number of hydrogen-bond donors (Lipinski definition) is 0. The molecule has 0 aliphatic carbocycles. The van der Waals surface area contributed by atoms with Gasteiger partial charge >= 0.3 is 0 Å². The standard InChI is InChI=1S/C19H17ClN2O4S/c20-16-6-5-14(11-17(16)22-18(23)8-10-27(22,25)26)19(24)21-9-7-13-3-1-2-4-15(13)12-21/h1-6,11H,7-10,12H2. The lowest BCUT2D eigenvalue weighted by Gasteiger charge is -2.29. The summed E-state index contributed by atoms with van der Waals surface area (Å²) in [5.41, 5.74) is 2.68. The monoisotopic (exact) mass is 404 g/mol. The number of fused-ring (bicyclic) bond motifs is 1. The van der Waals surface area contributed by atoms with E-state index >= 15 is 0 Å². The van der Waals surface area contributed by atoms with Gasteiger partial charge in [-0.25, -0.2) is 12.7 Å². The highest BCUT2D eigenvalue weighted by Crippen LogP contribution is 2.33. The Hall–Kier alpha value is -2.38. The van der Waals surface area contributed by atoms with Crippen LogP contribution in [0.15, 0.2) is 42.5 Å². The van der Waals surface area contributed by atoms with Gasteiger partial charge in [0, 0.05) is 25.1 Å². The molecule has 2 aromatic carbocycles. The highest BCUT2D eigenvalue weighted by atomic mass is 35.5. The molecule has 2 amide bonds. The zero-order valence-electron chi connectivity index (χ0n) is 14.4. The molecule has 27 heavy (non-hydrogen) atoms. The van der Waals surface area contributed by atoms with Crippen LogP contribution in [0.25, 0.3) is 0 Å². The van der Waals surface area contributed by atoms with E-state index in [1.54, 1.807) is 11.0 Å². The number of rotatable bonds is 2. The second-order valence-corrected chi connectivity index (χ2v) is 8.98. The van der Waals surface area contributed by atoms with Crippen molar-refractivity contribution in [2.24, 2.45) is 0 Å². The second-order valence-electron chi connectivity index (χ2n) is 6.64. The third-order valence-electron chi connectivity index (χ3n) is 4.91. The molecule has 2 aromatic rings. The van der Waals surface area contributed by atoms with Gasteiger partial charge in [-0.2, -0.15) is 0 Å². The molecular formula is C19H17ClN2O4S. The molecule has 0 atom stereocenters. The number of carbonyl (C=O) groups is 2. The Balaban J connectivity index is 1.66. The van der Waals surface area contributed by atoms with Crippen LogP contribution in [0.5, 0.6) is 0 Å². The molecule has 1 fully saturated rings. The maximum atomic E-state index is 13.0. The fraction of sp³-hybridized carbons (Fsp3) is 0.263. The molecule has 0 unspecified atom stereocenters. The van der Waals surface area contributed by atoms with Crippen LogP contribution in [0, 0.1) is 0 Å². The lowest BCUT2D eigenvalue weighted by atomic mass is 9.99. The summed E-state index contributed by atoms with van der Waals surface area (Å²) in [6.07, 6.45) is 0.682. The number of amides is 2. The molecule has 1 saturated heterocycles. The molecule has 0 radical (unpaired) electrons. The Bertz CT molecular complexity index is 1050.